The Labute approximate surface area is 121 Å². The topological polar surface area (TPSA) is 83.9 Å². The number of hydrogen-bond donors (Lipinski definition) is 1. The maximum Gasteiger partial charge on any atom is 0.257 e. The predicted octanol–water partition coefficient (Wildman–Crippen LogP) is 0.442. The van der Waals surface area contributed by atoms with Crippen LogP contribution in [0.5, 0.6) is 0 Å². The minimum absolute atomic E-state index is 0.0211. The van der Waals surface area contributed by atoms with E-state index >= 15 is 0 Å². The molecule has 1 aliphatic rings. The number of amides is 1. The minimum Gasteiger partial charge on any atom is -0.338 e. The third-order valence-corrected chi connectivity index (χ3v) is 3.73. The van der Waals surface area contributed by atoms with Crippen LogP contribution in [0, 0.1) is 6.92 Å². The molecule has 2 aromatic rings. The number of aromatic nitrogens is 4. The Balaban J connectivity index is 1.76. The predicted molar refractivity (Wildman–Crippen MR) is 76.1 cm³/mol. The first kappa shape index (κ1) is 13.5. The van der Waals surface area contributed by atoms with Gasteiger partial charge in [0.1, 0.15) is 5.82 Å². The molecule has 1 fully saturated rings. The fourth-order valence-corrected chi connectivity index (χ4v) is 2.71. The van der Waals surface area contributed by atoms with Crippen LogP contribution in [0.2, 0.25) is 0 Å². The highest BCUT2D eigenvalue weighted by molar-refractivity contribution is 5.93. The highest BCUT2D eigenvalue weighted by atomic mass is 16.2. The quantitative estimate of drug-likeness (QED) is 0.868. The van der Waals surface area contributed by atoms with Crippen molar-refractivity contribution >= 4 is 5.91 Å². The number of nitrogens with one attached hydrogen (secondary N) is 1. The van der Waals surface area contributed by atoms with Gasteiger partial charge in [-0.2, -0.15) is 5.10 Å². The van der Waals surface area contributed by atoms with E-state index in [9.17, 15) is 9.59 Å². The minimum atomic E-state index is -0.144. The Hall–Kier alpha value is -2.44. The molecule has 7 heteroatoms. The fraction of sp³-hybridized carbons (Fsp3) is 0.429. The van der Waals surface area contributed by atoms with Gasteiger partial charge in [0.25, 0.3) is 11.5 Å². The smallest absolute Gasteiger partial charge is 0.257 e. The monoisotopic (exact) mass is 287 g/mol. The van der Waals surface area contributed by atoms with Gasteiger partial charge in [-0.1, -0.05) is 0 Å². The van der Waals surface area contributed by atoms with E-state index < -0.39 is 0 Å². The summed E-state index contributed by atoms with van der Waals surface area (Å²) in [6.07, 6.45) is 4.11. The van der Waals surface area contributed by atoms with Crippen molar-refractivity contribution in [2.24, 2.45) is 7.05 Å². The fourth-order valence-electron chi connectivity index (χ4n) is 2.71. The highest BCUT2D eigenvalue weighted by Gasteiger charge is 2.29. The van der Waals surface area contributed by atoms with Crippen molar-refractivity contribution < 1.29 is 4.79 Å². The van der Waals surface area contributed by atoms with Crippen molar-refractivity contribution in [3.05, 3.63) is 45.9 Å². The zero-order valence-corrected chi connectivity index (χ0v) is 12.0. The van der Waals surface area contributed by atoms with Crippen LogP contribution in [-0.4, -0.2) is 43.6 Å². The molecule has 21 heavy (non-hydrogen) atoms. The van der Waals surface area contributed by atoms with Gasteiger partial charge in [0.05, 0.1) is 17.5 Å². The number of aryl methyl sites for hydroxylation is 2. The van der Waals surface area contributed by atoms with Gasteiger partial charge in [0.15, 0.2) is 0 Å². The molecular weight excluding hydrogens is 270 g/mol. The van der Waals surface area contributed by atoms with Crippen LogP contribution in [0.3, 0.4) is 0 Å². The molecule has 0 saturated carbocycles. The second-order valence-corrected chi connectivity index (χ2v) is 5.40. The average molecular weight is 287 g/mol. The molecule has 1 aliphatic heterocycles. The maximum atomic E-state index is 12.4. The number of carbonyl (C=O) groups is 1. The normalized spacial score (nSPS) is 18.2. The molecule has 3 rings (SSSR count). The summed E-state index contributed by atoms with van der Waals surface area (Å²) in [5.74, 6) is 0.702. The van der Waals surface area contributed by atoms with Crippen molar-refractivity contribution in [2.75, 3.05) is 13.1 Å². The van der Waals surface area contributed by atoms with E-state index in [-0.39, 0.29) is 17.4 Å². The highest BCUT2D eigenvalue weighted by Crippen LogP contribution is 2.26. The lowest BCUT2D eigenvalue weighted by Gasteiger charge is -2.15. The van der Waals surface area contributed by atoms with Crippen LogP contribution < -0.4 is 5.56 Å². The van der Waals surface area contributed by atoms with Gasteiger partial charge >= 0.3 is 0 Å². The van der Waals surface area contributed by atoms with Crippen LogP contribution >= 0.6 is 0 Å². The van der Waals surface area contributed by atoms with Gasteiger partial charge in [0.2, 0.25) is 0 Å². The van der Waals surface area contributed by atoms with E-state index in [1.54, 1.807) is 35.9 Å². The Bertz CT molecular complexity index is 733. The van der Waals surface area contributed by atoms with Crippen molar-refractivity contribution in [3.63, 3.8) is 0 Å². The van der Waals surface area contributed by atoms with Crippen molar-refractivity contribution in [3.8, 4) is 0 Å². The average Bonchev–Trinajstić information content (AvgIpc) is 3.05. The van der Waals surface area contributed by atoms with E-state index in [0.29, 0.717) is 24.5 Å². The van der Waals surface area contributed by atoms with E-state index in [1.807, 2.05) is 0 Å². The standard InChI is InChI=1S/C14H17N5O2/c1-9-16-12(5-13(20)17-9)10-3-4-19(8-10)14(21)11-6-15-18(2)7-11/h5-7,10H,3-4,8H2,1-2H3,(H,16,17,20). The zero-order valence-electron chi connectivity index (χ0n) is 12.0. The molecule has 0 aromatic carbocycles. The summed E-state index contributed by atoms with van der Waals surface area (Å²) in [5, 5.41) is 4.02. The number of rotatable bonds is 2. The summed E-state index contributed by atoms with van der Waals surface area (Å²) in [5.41, 5.74) is 1.21. The van der Waals surface area contributed by atoms with Crippen molar-refractivity contribution in [2.45, 2.75) is 19.3 Å². The number of H-pyrrole nitrogens is 1. The second kappa shape index (κ2) is 5.16. The van der Waals surface area contributed by atoms with Crippen LogP contribution in [-0.2, 0) is 7.05 Å². The molecule has 3 heterocycles. The Morgan fingerprint density at radius 3 is 2.95 bits per heavy atom. The number of likely N-dealkylation sites (tertiary alicyclic amines) is 1. The largest absolute Gasteiger partial charge is 0.338 e. The number of aromatic amines is 1. The first-order valence-electron chi connectivity index (χ1n) is 6.89. The summed E-state index contributed by atoms with van der Waals surface area (Å²) in [4.78, 5) is 32.7. The van der Waals surface area contributed by atoms with E-state index in [0.717, 1.165) is 12.1 Å². The lowest BCUT2D eigenvalue weighted by atomic mass is 10.0. The van der Waals surface area contributed by atoms with Crippen LogP contribution in [0.1, 0.15) is 34.2 Å². The summed E-state index contributed by atoms with van der Waals surface area (Å²) in [7, 11) is 1.78. The number of hydrogen-bond acceptors (Lipinski definition) is 4. The molecule has 0 aliphatic carbocycles. The van der Waals surface area contributed by atoms with Gasteiger partial charge in [-0.3, -0.25) is 14.3 Å². The van der Waals surface area contributed by atoms with Gasteiger partial charge in [-0.25, -0.2) is 4.98 Å². The Kier molecular flexibility index (Phi) is 3.32. The van der Waals surface area contributed by atoms with Gasteiger partial charge in [-0.05, 0) is 13.3 Å². The molecule has 110 valence electrons. The first-order valence-corrected chi connectivity index (χ1v) is 6.89. The summed E-state index contributed by atoms with van der Waals surface area (Å²) < 4.78 is 1.61. The molecule has 2 aromatic heterocycles. The molecule has 1 N–H and O–H groups in total. The van der Waals surface area contributed by atoms with Crippen molar-refractivity contribution in [1.29, 1.82) is 0 Å². The number of nitrogens with zero attached hydrogens (tertiary/aromatic N) is 4. The third kappa shape index (κ3) is 2.72. The summed E-state index contributed by atoms with van der Waals surface area (Å²) in [6.45, 7) is 3.02. The molecule has 7 nitrogen and oxygen atoms in total. The van der Waals surface area contributed by atoms with Gasteiger partial charge < -0.3 is 9.88 Å². The van der Waals surface area contributed by atoms with Crippen molar-refractivity contribution in [1.82, 2.24) is 24.6 Å². The Morgan fingerprint density at radius 1 is 1.48 bits per heavy atom. The van der Waals surface area contributed by atoms with Crippen LogP contribution in [0.15, 0.2) is 23.3 Å². The first-order chi connectivity index (χ1) is 10.0. The van der Waals surface area contributed by atoms with Crippen LogP contribution in [0.4, 0.5) is 0 Å². The second-order valence-electron chi connectivity index (χ2n) is 5.40. The molecule has 1 atom stereocenters. The molecule has 0 radical (unpaired) electrons. The SMILES string of the molecule is Cc1nc(C2CCN(C(=O)c3cnn(C)c3)C2)cc(=O)[nH]1. The van der Waals surface area contributed by atoms with E-state index in [1.165, 1.54) is 6.07 Å². The van der Waals surface area contributed by atoms with Crippen LogP contribution in [0.25, 0.3) is 0 Å². The van der Waals surface area contributed by atoms with E-state index in [2.05, 4.69) is 15.1 Å². The van der Waals surface area contributed by atoms with Gasteiger partial charge in [-0.15, -0.1) is 0 Å². The summed E-state index contributed by atoms with van der Waals surface area (Å²) >= 11 is 0. The maximum absolute atomic E-state index is 12.4. The number of carbonyl (C=O) groups excluding carboxylic acids is 1. The zero-order chi connectivity index (χ0) is 15.0. The molecule has 1 saturated heterocycles. The molecule has 0 spiro atoms. The lowest BCUT2D eigenvalue weighted by molar-refractivity contribution is 0.0790. The summed E-state index contributed by atoms with van der Waals surface area (Å²) in [6, 6.07) is 1.52. The molecule has 0 bridgehead atoms. The molecule has 1 unspecified atom stereocenters. The molecule has 1 amide bonds. The molecular formula is C14H17N5O2. The Morgan fingerprint density at radius 2 is 2.29 bits per heavy atom. The van der Waals surface area contributed by atoms with Gasteiger partial charge in [0, 0.05) is 38.3 Å². The van der Waals surface area contributed by atoms with E-state index in [4.69, 9.17) is 0 Å². The lowest BCUT2D eigenvalue weighted by Crippen LogP contribution is -2.28. The third-order valence-electron chi connectivity index (χ3n) is 3.73.